The van der Waals surface area contributed by atoms with Gasteiger partial charge < -0.3 is 15.7 Å². The normalized spacial score (nSPS) is 22.3. The van der Waals surface area contributed by atoms with E-state index in [0.717, 1.165) is 0 Å². The fourth-order valence-corrected chi connectivity index (χ4v) is 1.84. The first-order chi connectivity index (χ1) is 7.82. The van der Waals surface area contributed by atoms with Crippen LogP contribution in [0.3, 0.4) is 0 Å². The van der Waals surface area contributed by atoms with Gasteiger partial charge in [0.25, 0.3) is 0 Å². The van der Waals surface area contributed by atoms with Crippen molar-refractivity contribution in [3.63, 3.8) is 0 Å². The smallest absolute Gasteiger partial charge is 0.307 e. The van der Waals surface area contributed by atoms with Crippen molar-refractivity contribution in [2.75, 3.05) is 13.1 Å². The molecule has 1 rings (SSSR count). The molecule has 0 bridgehead atoms. The van der Waals surface area contributed by atoms with Gasteiger partial charge in [-0.1, -0.05) is 13.8 Å². The average Bonchev–Trinajstić information content (AvgIpc) is 2.93. The molecule has 0 radical (unpaired) electrons. The van der Waals surface area contributed by atoms with Crippen LogP contribution in [-0.2, 0) is 14.4 Å². The lowest BCUT2D eigenvalue weighted by atomic mass is 10.2. The van der Waals surface area contributed by atoms with Gasteiger partial charge in [-0.3, -0.25) is 14.4 Å². The van der Waals surface area contributed by atoms with Crippen molar-refractivity contribution in [1.29, 1.82) is 0 Å². The lowest BCUT2D eigenvalue weighted by Crippen LogP contribution is -2.41. The highest BCUT2D eigenvalue weighted by atomic mass is 16.4. The maximum Gasteiger partial charge on any atom is 0.307 e. The maximum atomic E-state index is 11.9. The Labute approximate surface area is 99.8 Å². The van der Waals surface area contributed by atoms with Crippen LogP contribution < -0.4 is 5.73 Å². The van der Waals surface area contributed by atoms with E-state index in [0.29, 0.717) is 13.0 Å². The molecule has 0 saturated heterocycles. The van der Waals surface area contributed by atoms with Crippen molar-refractivity contribution < 1.29 is 19.5 Å². The maximum absolute atomic E-state index is 11.9. The quantitative estimate of drug-likeness (QED) is 0.666. The molecular formula is C11H18N2O4. The van der Waals surface area contributed by atoms with Crippen molar-refractivity contribution in [3.05, 3.63) is 0 Å². The predicted octanol–water partition coefficient (Wildman–Crippen LogP) is -0.323. The molecule has 6 nitrogen and oxygen atoms in total. The molecule has 17 heavy (non-hydrogen) atoms. The van der Waals surface area contributed by atoms with E-state index in [4.69, 9.17) is 10.8 Å². The van der Waals surface area contributed by atoms with Crippen LogP contribution in [0, 0.1) is 17.8 Å². The van der Waals surface area contributed by atoms with Crippen molar-refractivity contribution >= 4 is 17.8 Å². The van der Waals surface area contributed by atoms with Crippen molar-refractivity contribution in [3.8, 4) is 0 Å². The minimum Gasteiger partial charge on any atom is -0.481 e. The number of amides is 2. The molecule has 0 heterocycles. The number of carboxylic acids is 1. The summed E-state index contributed by atoms with van der Waals surface area (Å²) in [5, 5.41) is 8.76. The molecule has 1 saturated carbocycles. The molecule has 1 fully saturated rings. The van der Waals surface area contributed by atoms with Crippen LogP contribution in [0.5, 0.6) is 0 Å². The van der Waals surface area contributed by atoms with E-state index >= 15 is 0 Å². The first-order valence-corrected chi connectivity index (χ1v) is 5.62. The summed E-state index contributed by atoms with van der Waals surface area (Å²) in [5.41, 5.74) is 5.07. The highest BCUT2D eigenvalue weighted by Crippen LogP contribution is 2.40. The lowest BCUT2D eigenvalue weighted by molar-refractivity contribution is -0.142. The van der Waals surface area contributed by atoms with Gasteiger partial charge in [-0.15, -0.1) is 0 Å². The Kier molecular flexibility index (Phi) is 4.09. The van der Waals surface area contributed by atoms with Crippen molar-refractivity contribution in [1.82, 2.24) is 4.90 Å². The van der Waals surface area contributed by atoms with E-state index in [2.05, 4.69) is 0 Å². The van der Waals surface area contributed by atoms with Gasteiger partial charge >= 0.3 is 5.97 Å². The van der Waals surface area contributed by atoms with Crippen LogP contribution in [0.1, 0.15) is 20.3 Å². The van der Waals surface area contributed by atoms with Crippen LogP contribution in [-0.4, -0.2) is 40.9 Å². The number of nitrogens with zero attached hydrogens (tertiary/aromatic N) is 1. The fraction of sp³-hybridized carbons (Fsp3) is 0.727. The molecule has 0 aliphatic heterocycles. The first kappa shape index (κ1) is 13.5. The van der Waals surface area contributed by atoms with E-state index in [1.807, 2.05) is 13.8 Å². The van der Waals surface area contributed by atoms with E-state index in [-0.39, 0.29) is 18.4 Å². The van der Waals surface area contributed by atoms with Crippen LogP contribution in [0.2, 0.25) is 0 Å². The Morgan fingerprint density at radius 3 is 2.29 bits per heavy atom. The molecule has 1 aliphatic carbocycles. The summed E-state index contributed by atoms with van der Waals surface area (Å²) >= 11 is 0. The molecule has 6 heteroatoms. The van der Waals surface area contributed by atoms with Crippen LogP contribution in [0.15, 0.2) is 0 Å². The number of carboxylic acid groups (broad SMARTS) is 1. The summed E-state index contributed by atoms with van der Waals surface area (Å²) in [6, 6.07) is 0. The first-order valence-electron chi connectivity index (χ1n) is 5.62. The molecule has 0 unspecified atom stereocenters. The van der Waals surface area contributed by atoms with Crippen LogP contribution in [0.25, 0.3) is 0 Å². The number of hydrogen-bond donors (Lipinski definition) is 2. The number of rotatable bonds is 6. The standard InChI is InChI=1S/C11H18N2O4/c1-6(2)4-13(5-9(12)14)10(15)7-3-8(7)11(16)17/h6-8H,3-5H2,1-2H3,(H2,12,14)(H,16,17)/t7-,8+/m0/s1. The number of nitrogens with two attached hydrogens (primary N) is 1. The molecule has 1 aliphatic rings. The second kappa shape index (κ2) is 5.16. The monoisotopic (exact) mass is 242 g/mol. The molecule has 0 aromatic rings. The molecule has 96 valence electrons. The number of aliphatic carboxylic acids is 1. The number of hydrogen-bond acceptors (Lipinski definition) is 3. The third-order valence-corrected chi connectivity index (χ3v) is 2.67. The van der Waals surface area contributed by atoms with Gasteiger partial charge in [-0.05, 0) is 12.3 Å². The second-order valence-corrected chi connectivity index (χ2v) is 4.87. The number of primary amides is 1. The van der Waals surface area contributed by atoms with E-state index in [1.54, 1.807) is 0 Å². The summed E-state index contributed by atoms with van der Waals surface area (Å²) in [5.74, 6) is -2.67. The minimum atomic E-state index is -0.952. The zero-order valence-corrected chi connectivity index (χ0v) is 10.0. The van der Waals surface area contributed by atoms with Crippen LogP contribution >= 0.6 is 0 Å². The van der Waals surface area contributed by atoms with E-state index in [1.165, 1.54) is 4.90 Å². The van der Waals surface area contributed by atoms with Gasteiger partial charge in [0, 0.05) is 6.54 Å². The second-order valence-electron chi connectivity index (χ2n) is 4.87. The van der Waals surface area contributed by atoms with Gasteiger partial charge in [-0.25, -0.2) is 0 Å². The third kappa shape index (κ3) is 3.72. The Bertz CT molecular complexity index is 340. The largest absolute Gasteiger partial charge is 0.481 e. The van der Waals surface area contributed by atoms with Crippen LogP contribution in [0.4, 0.5) is 0 Å². The fourth-order valence-electron chi connectivity index (χ4n) is 1.84. The predicted molar refractivity (Wildman–Crippen MR) is 59.8 cm³/mol. The topological polar surface area (TPSA) is 101 Å². The molecule has 0 aromatic heterocycles. The summed E-state index contributed by atoms with van der Waals surface area (Å²) in [6.07, 6.45) is 0.363. The van der Waals surface area contributed by atoms with Gasteiger partial charge in [0.05, 0.1) is 18.4 Å². The van der Waals surface area contributed by atoms with E-state index in [9.17, 15) is 14.4 Å². The van der Waals surface area contributed by atoms with E-state index < -0.39 is 23.7 Å². The molecule has 2 amide bonds. The third-order valence-electron chi connectivity index (χ3n) is 2.67. The Hall–Kier alpha value is -1.59. The Morgan fingerprint density at radius 1 is 1.35 bits per heavy atom. The van der Waals surface area contributed by atoms with Crippen molar-refractivity contribution in [2.45, 2.75) is 20.3 Å². The van der Waals surface area contributed by atoms with Crippen molar-refractivity contribution in [2.24, 2.45) is 23.5 Å². The highest BCUT2D eigenvalue weighted by Gasteiger charge is 2.49. The average molecular weight is 242 g/mol. The zero-order valence-electron chi connectivity index (χ0n) is 10.0. The number of carbonyl (C=O) groups excluding carboxylic acids is 2. The summed E-state index contributed by atoms with van der Waals surface area (Å²) < 4.78 is 0. The SMILES string of the molecule is CC(C)CN(CC(N)=O)C(=O)[C@H]1C[C@H]1C(=O)O. The minimum absolute atomic E-state index is 0.139. The summed E-state index contributed by atoms with van der Waals surface area (Å²) in [7, 11) is 0. The zero-order chi connectivity index (χ0) is 13.2. The Balaban J connectivity index is 2.61. The van der Waals surface area contributed by atoms with Gasteiger partial charge in [0.1, 0.15) is 0 Å². The molecule has 0 spiro atoms. The van der Waals surface area contributed by atoms with Gasteiger partial charge in [-0.2, -0.15) is 0 Å². The molecule has 2 atom stereocenters. The van der Waals surface area contributed by atoms with Gasteiger partial charge in [0.15, 0.2) is 0 Å². The summed E-state index contributed by atoms with van der Waals surface area (Å²) in [4.78, 5) is 34.9. The molecular weight excluding hydrogens is 224 g/mol. The summed E-state index contributed by atoms with van der Waals surface area (Å²) in [6.45, 7) is 4.12. The number of carbonyl (C=O) groups is 3. The van der Waals surface area contributed by atoms with Gasteiger partial charge in [0.2, 0.25) is 11.8 Å². The Morgan fingerprint density at radius 2 is 1.94 bits per heavy atom. The molecule has 0 aromatic carbocycles. The molecule has 3 N–H and O–H groups in total. The highest BCUT2D eigenvalue weighted by molar-refractivity contribution is 5.91. The lowest BCUT2D eigenvalue weighted by Gasteiger charge is -2.23.